The highest BCUT2D eigenvalue weighted by molar-refractivity contribution is 7.16. The van der Waals surface area contributed by atoms with Crippen LogP contribution in [0.3, 0.4) is 0 Å². The van der Waals surface area contributed by atoms with Crippen LogP contribution in [0.4, 0.5) is 0 Å². The molecule has 1 heterocycles. The van der Waals surface area contributed by atoms with E-state index in [1.807, 2.05) is 6.07 Å². The molecule has 4 heteroatoms. The average molecular weight is 245 g/mol. The van der Waals surface area contributed by atoms with E-state index < -0.39 is 0 Å². The van der Waals surface area contributed by atoms with Crippen molar-refractivity contribution < 1.29 is 0 Å². The van der Waals surface area contributed by atoms with Crippen LogP contribution in [-0.4, -0.2) is 12.6 Å². The fourth-order valence-corrected chi connectivity index (χ4v) is 2.74. The molecular formula is C11H17ClN2S. The van der Waals surface area contributed by atoms with Crippen molar-refractivity contribution in [1.29, 1.82) is 0 Å². The molecular weight excluding hydrogens is 228 g/mol. The van der Waals surface area contributed by atoms with Crippen LogP contribution in [0.1, 0.15) is 24.1 Å². The Kier molecular flexibility index (Phi) is 4.03. The van der Waals surface area contributed by atoms with Crippen molar-refractivity contribution in [3.63, 3.8) is 0 Å². The van der Waals surface area contributed by atoms with Gasteiger partial charge in [0.25, 0.3) is 0 Å². The third-order valence-electron chi connectivity index (χ3n) is 2.81. The Labute approximate surface area is 99.8 Å². The Hall–Kier alpha value is -0.0900. The molecule has 0 bridgehead atoms. The van der Waals surface area contributed by atoms with Crippen molar-refractivity contribution >= 4 is 22.9 Å². The minimum Gasteiger partial charge on any atom is -0.327 e. The normalized spacial score (nSPS) is 18.0. The predicted octanol–water partition coefficient (Wildman–Crippen LogP) is 2.62. The van der Waals surface area contributed by atoms with Crippen molar-refractivity contribution in [2.75, 3.05) is 6.54 Å². The van der Waals surface area contributed by atoms with Gasteiger partial charge < -0.3 is 11.1 Å². The van der Waals surface area contributed by atoms with Crippen LogP contribution in [0.25, 0.3) is 0 Å². The number of nitrogens with two attached hydrogens (primary N) is 1. The maximum absolute atomic E-state index is 6.00. The first-order valence-electron chi connectivity index (χ1n) is 5.46. The van der Waals surface area contributed by atoms with Crippen molar-refractivity contribution in [2.45, 2.75) is 31.8 Å². The fraction of sp³-hybridized carbons (Fsp3) is 0.636. The average Bonchev–Trinajstić information content (AvgIpc) is 2.98. The fourth-order valence-electron chi connectivity index (χ4n) is 1.69. The van der Waals surface area contributed by atoms with Crippen LogP contribution in [0, 0.1) is 5.92 Å². The summed E-state index contributed by atoms with van der Waals surface area (Å²) in [6.07, 6.45) is 3.76. The number of hydrogen-bond donors (Lipinski definition) is 2. The summed E-state index contributed by atoms with van der Waals surface area (Å²) >= 11 is 7.48. The maximum atomic E-state index is 6.00. The second-order valence-electron chi connectivity index (χ2n) is 4.17. The molecule has 0 aromatic carbocycles. The molecule has 1 aliphatic rings. The van der Waals surface area contributed by atoms with Crippen molar-refractivity contribution in [1.82, 2.24) is 5.32 Å². The minimum absolute atomic E-state index is 0.407. The molecule has 0 aliphatic heterocycles. The lowest BCUT2D eigenvalue weighted by molar-refractivity contribution is 0.518. The summed E-state index contributed by atoms with van der Waals surface area (Å²) in [5, 5.41) is 3.40. The number of halogens is 1. The van der Waals surface area contributed by atoms with E-state index in [1.165, 1.54) is 17.7 Å². The first-order valence-corrected chi connectivity index (χ1v) is 6.65. The Bertz CT molecular complexity index is 309. The lowest BCUT2D eigenvalue weighted by Gasteiger charge is -2.09. The number of rotatable bonds is 6. The minimum atomic E-state index is 0.407. The third-order valence-corrected chi connectivity index (χ3v) is 4.04. The molecule has 1 atom stereocenters. The number of hydrogen-bond acceptors (Lipinski definition) is 3. The van der Waals surface area contributed by atoms with Gasteiger partial charge in [0.15, 0.2) is 0 Å². The van der Waals surface area contributed by atoms with E-state index in [4.69, 9.17) is 17.3 Å². The second-order valence-corrected chi connectivity index (χ2v) is 5.97. The van der Waals surface area contributed by atoms with E-state index in [2.05, 4.69) is 11.4 Å². The molecule has 0 amide bonds. The molecule has 1 aliphatic carbocycles. The second kappa shape index (κ2) is 5.30. The summed E-state index contributed by atoms with van der Waals surface area (Å²) in [6, 6.07) is 4.42. The SMILES string of the molecule is NC(CCNCc1ccc(Cl)s1)C1CC1. The van der Waals surface area contributed by atoms with E-state index in [-0.39, 0.29) is 0 Å². The molecule has 3 N–H and O–H groups in total. The zero-order chi connectivity index (χ0) is 10.7. The molecule has 2 rings (SSSR count). The predicted molar refractivity (Wildman–Crippen MR) is 66.4 cm³/mol. The van der Waals surface area contributed by atoms with Crippen LogP contribution in [0.2, 0.25) is 4.34 Å². The highest BCUT2D eigenvalue weighted by atomic mass is 35.5. The van der Waals surface area contributed by atoms with Gasteiger partial charge in [-0.2, -0.15) is 0 Å². The van der Waals surface area contributed by atoms with Crippen LogP contribution in [0.15, 0.2) is 12.1 Å². The van der Waals surface area contributed by atoms with Gasteiger partial charge >= 0.3 is 0 Å². The molecule has 0 spiro atoms. The van der Waals surface area contributed by atoms with Crippen LogP contribution in [0.5, 0.6) is 0 Å². The summed E-state index contributed by atoms with van der Waals surface area (Å²) in [7, 11) is 0. The van der Waals surface area contributed by atoms with E-state index in [9.17, 15) is 0 Å². The molecule has 84 valence electrons. The molecule has 1 aromatic rings. The van der Waals surface area contributed by atoms with Crippen molar-refractivity contribution in [3.05, 3.63) is 21.3 Å². The third kappa shape index (κ3) is 3.76. The molecule has 1 aromatic heterocycles. The van der Waals surface area contributed by atoms with E-state index in [1.54, 1.807) is 11.3 Å². The van der Waals surface area contributed by atoms with Gasteiger partial charge in [-0.05, 0) is 43.9 Å². The Morgan fingerprint density at radius 2 is 2.33 bits per heavy atom. The molecule has 0 saturated heterocycles. The number of nitrogens with one attached hydrogen (secondary N) is 1. The van der Waals surface area contributed by atoms with E-state index >= 15 is 0 Å². The first-order chi connectivity index (χ1) is 7.25. The monoisotopic (exact) mass is 244 g/mol. The Morgan fingerprint density at radius 1 is 1.53 bits per heavy atom. The molecule has 15 heavy (non-hydrogen) atoms. The summed E-state index contributed by atoms with van der Waals surface area (Å²) in [5.74, 6) is 0.808. The molecule has 1 unspecified atom stereocenters. The van der Waals surface area contributed by atoms with Gasteiger partial charge in [0.05, 0.1) is 4.34 Å². The van der Waals surface area contributed by atoms with Gasteiger partial charge in [-0.15, -0.1) is 11.3 Å². The molecule has 1 fully saturated rings. The summed E-state index contributed by atoms with van der Waals surface area (Å²) in [4.78, 5) is 1.29. The zero-order valence-corrected chi connectivity index (χ0v) is 10.3. The van der Waals surface area contributed by atoms with Gasteiger partial charge in [0.1, 0.15) is 0 Å². The molecule has 2 nitrogen and oxygen atoms in total. The largest absolute Gasteiger partial charge is 0.327 e. The molecule has 1 saturated carbocycles. The van der Waals surface area contributed by atoms with Crippen LogP contribution in [-0.2, 0) is 6.54 Å². The van der Waals surface area contributed by atoms with E-state index in [0.29, 0.717) is 6.04 Å². The van der Waals surface area contributed by atoms with Gasteiger partial charge in [-0.1, -0.05) is 11.6 Å². The first kappa shape index (κ1) is 11.4. The standard InChI is InChI=1S/C11H17ClN2S/c12-11-4-3-9(15-11)7-14-6-5-10(13)8-1-2-8/h3-4,8,10,14H,1-2,5-7,13H2. The van der Waals surface area contributed by atoms with Gasteiger partial charge in [0, 0.05) is 17.5 Å². The van der Waals surface area contributed by atoms with Crippen LogP contribution >= 0.6 is 22.9 Å². The van der Waals surface area contributed by atoms with E-state index in [0.717, 1.165) is 29.8 Å². The lowest BCUT2D eigenvalue weighted by Crippen LogP contribution is -2.27. The van der Waals surface area contributed by atoms with Crippen molar-refractivity contribution in [3.8, 4) is 0 Å². The summed E-state index contributed by atoms with van der Waals surface area (Å²) in [5.41, 5.74) is 6.00. The van der Waals surface area contributed by atoms with Crippen molar-refractivity contribution in [2.24, 2.45) is 11.7 Å². The van der Waals surface area contributed by atoms with Gasteiger partial charge in [-0.3, -0.25) is 0 Å². The quantitative estimate of drug-likeness (QED) is 0.755. The maximum Gasteiger partial charge on any atom is 0.0931 e. The summed E-state index contributed by atoms with van der Waals surface area (Å²) < 4.78 is 0.862. The summed E-state index contributed by atoms with van der Waals surface area (Å²) in [6.45, 7) is 1.92. The van der Waals surface area contributed by atoms with Gasteiger partial charge in [0.2, 0.25) is 0 Å². The topological polar surface area (TPSA) is 38.0 Å². The highest BCUT2D eigenvalue weighted by Gasteiger charge is 2.27. The molecule has 0 radical (unpaired) electrons. The highest BCUT2D eigenvalue weighted by Crippen LogP contribution is 2.32. The Balaban J connectivity index is 1.58. The van der Waals surface area contributed by atoms with Crippen LogP contribution < -0.4 is 11.1 Å². The van der Waals surface area contributed by atoms with Gasteiger partial charge in [-0.25, -0.2) is 0 Å². The zero-order valence-electron chi connectivity index (χ0n) is 8.71. The smallest absolute Gasteiger partial charge is 0.0931 e. The number of thiophene rings is 1. The Morgan fingerprint density at radius 3 is 2.93 bits per heavy atom. The lowest BCUT2D eigenvalue weighted by atomic mass is 10.1.